The fourth-order valence-electron chi connectivity index (χ4n) is 4.56. The summed E-state index contributed by atoms with van der Waals surface area (Å²) in [6, 6.07) is 11.5. The van der Waals surface area contributed by atoms with Crippen LogP contribution in [-0.2, 0) is 14.3 Å². The first-order valence-corrected chi connectivity index (χ1v) is 13.9. The maximum absolute atomic E-state index is 14.1. The number of anilines is 1. The Kier molecular flexibility index (Phi) is 11.1. The lowest BCUT2D eigenvalue weighted by molar-refractivity contribution is -0.143. The SMILES string of the molecule is Cc1cccc(C(C(=O)Nc2c(C)cccc2C)N(C(=O)C(C)NC(=O)OC(C)(C)C)C(C)CCC(C)C)c1. The van der Waals surface area contributed by atoms with Crippen LogP contribution in [0.5, 0.6) is 0 Å². The number of nitrogens with one attached hydrogen (secondary N) is 2. The summed E-state index contributed by atoms with van der Waals surface area (Å²) in [7, 11) is 0. The minimum absolute atomic E-state index is 0.267. The monoisotopic (exact) mass is 537 g/mol. The van der Waals surface area contributed by atoms with Crippen LogP contribution < -0.4 is 10.6 Å². The second kappa shape index (κ2) is 13.6. The third kappa shape index (κ3) is 9.41. The van der Waals surface area contributed by atoms with Gasteiger partial charge >= 0.3 is 6.09 Å². The summed E-state index contributed by atoms with van der Waals surface area (Å²) in [6.07, 6.45) is 0.921. The van der Waals surface area contributed by atoms with Crippen molar-refractivity contribution >= 4 is 23.6 Å². The maximum atomic E-state index is 14.1. The van der Waals surface area contributed by atoms with E-state index < -0.39 is 23.8 Å². The Balaban J connectivity index is 2.56. The number of benzene rings is 2. The van der Waals surface area contributed by atoms with Gasteiger partial charge in [0.05, 0.1) is 0 Å². The minimum atomic E-state index is -0.901. The molecule has 214 valence electrons. The van der Waals surface area contributed by atoms with E-state index in [1.165, 1.54) is 0 Å². The van der Waals surface area contributed by atoms with Gasteiger partial charge in [0.15, 0.2) is 0 Å². The van der Waals surface area contributed by atoms with Crippen LogP contribution in [0.25, 0.3) is 0 Å². The van der Waals surface area contributed by atoms with E-state index in [-0.39, 0.29) is 17.9 Å². The Bertz CT molecular complexity index is 1130. The van der Waals surface area contributed by atoms with Crippen molar-refractivity contribution in [3.63, 3.8) is 0 Å². The minimum Gasteiger partial charge on any atom is -0.444 e. The van der Waals surface area contributed by atoms with Crippen LogP contribution in [0.3, 0.4) is 0 Å². The summed E-state index contributed by atoms with van der Waals surface area (Å²) >= 11 is 0. The molecule has 0 spiro atoms. The zero-order valence-electron chi connectivity index (χ0n) is 25.3. The molecule has 0 heterocycles. The number of nitrogens with zero attached hydrogens (tertiary/aromatic N) is 1. The van der Waals surface area contributed by atoms with Crippen molar-refractivity contribution in [2.75, 3.05) is 5.32 Å². The normalized spacial score (nSPS) is 13.8. The number of ether oxygens (including phenoxy) is 1. The van der Waals surface area contributed by atoms with E-state index in [0.29, 0.717) is 17.9 Å². The fraction of sp³-hybridized carbons (Fsp3) is 0.531. The Morgan fingerprint density at radius 3 is 2.03 bits per heavy atom. The van der Waals surface area contributed by atoms with Crippen molar-refractivity contribution in [3.8, 4) is 0 Å². The van der Waals surface area contributed by atoms with E-state index in [2.05, 4.69) is 24.5 Å². The maximum Gasteiger partial charge on any atom is 0.408 e. The smallest absolute Gasteiger partial charge is 0.408 e. The summed E-state index contributed by atoms with van der Waals surface area (Å²) < 4.78 is 5.39. The molecule has 0 aliphatic carbocycles. The van der Waals surface area contributed by atoms with Gasteiger partial charge in [-0.25, -0.2) is 4.79 Å². The first kappa shape index (κ1) is 31.9. The number of alkyl carbamates (subject to hydrolysis) is 1. The molecule has 3 amide bonds. The van der Waals surface area contributed by atoms with Gasteiger partial charge in [-0.1, -0.05) is 61.9 Å². The molecule has 0 radical (unpaired) electrons. The molecule has 7 heteroatoms. The number of carbonyl (C=O) groups excluding carboxylic acids is 3. The van der Waals surface area contributed by atoms with Gasteiger partial charge in [0, 0.05) is 11.7 Å². The van der Waals surface area contributed by atoms with Crippen LogP contribution in [0, 0.1) is 26.7 Å². The van der Waals surface area contributed by atoms with Gasteiger partial charge in [-0.3, -0.25) is 9.59 Å². The van der Waals surface area contributed by atoms with Gasteiger partial charge < -0.3 is 20.3 Å². The number of hydrogen-bond donors (Lipinski definition) is 2. The van der Waals surface area contributed by atoms with Crippen LogP contribution in [0.1, 0.15) is 89.6 Å². The summed E-state index contributed by atoms with van der Waals surface area (Å²) in [5.41, 5.74) is 3.62. The molecular weight excluding hydrogens is 490 g/mol. The quantitative estimate of drug-likeness (QED) is 0.347. The molecule has 0 saturated heterocycles. The molecule has 0 aromatic heterocycles. The van der Waals surface area contributed by atoms with E-state index in [1.807, 2.05) is 70.2 Å². The molecule has 3 atom stereocenters. The van der Waals surface area contributed by atoms with Crippen molar-refractivity contribution in [1.82, 2.24) is 10.2 Å². The topological polar surface area (TPSA) is 87.7 Å². The van der Waals surface area contributed by atoms with Gasteiger partial charge in [-0.2, -0.15) is 0 Å². The molecule has 39 heavy (non-hydrogen) atoms. The average Bonchev–Trinajstić information content (AvgIpc) is 2.81. The Morgan fingerprint density at radius 2 is 1.49 bits per heavy atom. The highest BCUT2D eigenvalue weighted by atomic mass is 16.6. The lowest BCUT2D eigenvalue weighted by Gasteiger charge is -2.38. The number of amides is 3. The molecule has 3 unspecified atom stereocenters. The number of rotatable bonds is 10. The van der Waals surface area contributed by atoms with Crippen LogP contribution in [0.2, 0.25) is 0 Å². The predicted molar refractivity (Wildman–Crippen MR) is 158 cm³/mol. The van der Waals surface area contributed by atoms with Crippen molar-refractivity contribution in [1.29, 1.82) is 0 Å². The van der Waals surface area contributed by atoms with E-state index in [4.69, 9.17) is 4.74 Å². The standard InChI is InChI=1S/C32H47N3O4/c1-20(2)17-18-24(6)35(30(37)25(7)33-31(38)39-32(8,9)10)28(26-16-11-13-21(3)19-26)29(36)34-27-22(4)14-12-15-23(27)5/h11-16,19-20,24-25,28H,17-18H2,1-10H3,(H,33,38)(H,34,36). The first-order valence-electron chi connectivity index (χ1n) is 13.9. The number of para-hydroxylation sites is 1. The fourth-order valence-corrected chi connectivity index (χ4v) is 4.56. The summed E-state index contributed by atoms with van der Waals surface area (Å²) in [4.78, 5) is 42.4. The van der Waals surface area contributed by atoms with Crippen LogP contribution in [0.15, 0.2) is 42.5 Å². The molecule has 0 fully saturated rings. The predicted octanol–water partition coefficient (Wildman–Crippen LogP) is 6.86. The molecule has 0 aliphatic rings. The van der Waals surface area contributed by atoms with E-state index >= 15 is 0 Å². The van der Waals surface area contributed by atoms with E-state index in [1.54, 1.807) is 32.6 Å². The summed E-state index contributed by atoms with van der Waals surface area (Å²) in [6.45, 7) is 19.0. The first-order chi connectivity index (χ1) is 18.1. The van der Waals surface area contributed by atoms with E-state index in [9.17, 15) is 14.4 Å². The molecule has 0 bridgehead atoms. The Labute approximate surface area is 234 Å². The highest BCUT2D eigenvalue weighted by molar-refractivity contribution is 6.00. The summed E-state index contributed by atoms with van der Waals surface area (Å²) in [5, 5.41) is 5.79. The van der Waals surface area contributed by atoms with Crippen molar-refractivity contribution in [3.05, 3.63) is 64.7 Å². The van der Waals surface area contributed by atoms with Crippen LogP contribution >= 0.6 is 0 Å². The second-order valence-electron chi connectivity index (χ2n) is 12.0. The van der Waals surface area contributed by atoms with Crippen LogP contribution in [-0.4, -0.2) is 40.5 Å². The number of aryl methyl sites for hydroxylation is 3. The molecule has 2 aromatic carbocycles. The lowest BCUT2D eigenvalue weighted by Crippen LogP contribution is -2.54. The van der Waals surface area contributed by atoms with Crippen molar-refractivity contribution in [2.45, 2.75) is 106 Å². The molecule has 2 aromatic rings. The Hall–Kier alpha value is -3.35. The molecular formula is C32H47N3O4. The molecule has 7 nitrogen and oxygen atoms in total. The van der Waals surface area contributed by atoms with Crippen LogP contribution in [0.4, 0.5) is 10.5 Å². The van der Waals surface area contributed by atoms with Gasteiger partial charge in [0.2, 0.25) is 5.91 Å². The highest BCUT2D eigenvalue weighted by Gasteiger charge is 2.38. The largest absolute Gasteiger partial charge is 0.444 e. The summed E-state index contributed by atoms with van der Waals surface area (Å²) in [5.74, 6) is -0.213. The van der Waals surface area contributed by atoms with Gasteiger partial charge in [0.1, 0.15) is 17.7 Å². The third-order valence-electron chi connectivity index (χ3n) is 6.61. The lowest BCUT2D eigenvalue weighted by atomic mass is 9.96. The van der Waals surface area contributed by atoms with E-state index in [0.717, 1.165) is 28.8 Å². The van der Waals surface area contributed by atoms with Crippen molar-refractivity contribution in [2.24, 2.45) is 5.92 Å². The van der Waals surface area contributed by atoms with Crippen molar-refractivity contribution < 1.29 is 19.1 Å². The molecule has 2 N–H and O–H groups in total. The van der Waals surface area contributed by atoms with Gasteiger partial charge in [-0.05, 0) is 90.8 Å². The second-order valence-corrected chi connectivity index (χ2v) is 12.0. The van der Waals surface area contributed by atoms with Gasteiger partial charge in [0.25, 0.3) is 5.91 Å². The third-order valence-corrected chi connectivity index (χ3v) is 6.61. The molecule has 2 rings (SSSR count). The number of hydrogen-bond acceptors (Lipinski definition) is 4. The molecule has 0 saturated carbocycles. The number of carbonyl (C=O) groups is 3. The highest BCUT2D eigenvalue weighted by Crippen LogP contribution is 2.30. The average molecular weight is 538 g/mol. The Morgan fingerprint density at radius 1 is 0.897 bits per heavy atom. The molecule has 0 aliphatic heterocycles. The zero-order chi connectivity index (χ0) is 29.5. The van der Waals surface area contributed by atoms with Gasteiger partial charge in [-0.15, -0.1) is 0 Å². The zero-order valence-corrected chi connectivity index (χ0v) is 25.3.